The van der Waals surface area contributed by atoms with Crippen molar-refractivity contribution >= 4 is 10.9 Å². The summed E-state index contributed by atoms with van der Waals surface area (Å²) in [5.74, 6) is 2.56. The molecule has 0 spiro atoms. The minimum Gasteiger partial charge on any atom is -0.497 e. The lowest BCUT2D eigenvalue weighted by Crippen LogP contribution is -1.93. The van der Waals surface area contributed by atoms with Crippen molar-refractivity contribution in [3.05, 3.63) is 54.9 Å². The molecule has 5 nitrogen and oxygen atoms in total. The number of imidazole rings is 1. The Morgan fingerprint density at radius 1 is 0.960 bits per heavy atom. The summed E-state index contributed by atoms with van der Waals surface area (Å²) in [6, 6.07) is 14.1. The number of aromatic amines is 1. The maximum Gasteiger partial charge on any atom is 0.142 e. The summed E-state index contributed by atoms with van der Waals surface area (Å²) < 4.78 is 12.7. The van der Waals surface area contributed by atoms with Gasteiger partial charge in [0.15, 0.2) is 0 Å². The summed E-state index contributed by atoms with van der Waals surface area (Å²) in [7, 11) is 5.35. The number of nitrogens with one attached hydrogen (secondary N) is 1. The molecule has 4 rings (SSSR count). The smallest absolute Gasteiger partial charge is 0.142 e. The second-order valence-corrected chi connectivity index (χ2v) is 5.88. The molecule has 2 aromatic heterocycles. The van der Waals surface area contributed by atoms with E-state index in [1.165, 1.54) is 0 Å². The van der Waals surface area contributed by atoms with Crippen molar-refractivity contribution < 1.29 is 9.47 Å². The quantitative estimate of drug-likeness (QED) is 0.607. The molecule has 0 saturated carbocycles. The first-order valence-corrected chi connectivity index (χ1v) is 8.03. The molecule has 0 aliphatic rings. The summed E-state index contributed by atoms with van der Waals surface area (Å²) in [6.45, 7) is 0. The van der Waals surface area contributed by atoms with Crippen LogP contribution in [-0.2, 0) is 7.05 Å². The summed E-state index contributed by atoms with van der Waals surface area (Å²) in [5, 5.41) is 1.08. The van der Waals surface area contributed by atoms with Crippen molar-refractivity contribution in [2.24, 2.45) is 7.05 Å². The van der Waals surface area contributed by atoms with E-state index in [4.69, 9.17) is 9.47 Å². The van der Waals surface area contributed by atoms with E-state index < -0.39 is 0 Å². The summed E-state index contributed by atoms with van der Waals surface area (Å²) in [4.78, 5) is 8.10. The molecular formula is C20H19N3O2. The van der Waals surface area contributed by atoms with E-state index in [1.54, 1.807) is 14.2 Å². The van der Waals surface area contributed by atoms with Crippen LogP contribution < -0.4 is 9.47 Å². The Balaban J connectivity index is 2.01. The van der Waals surface area contributed by atoms with Crippen molar-refractivity contribution in [3.8, 4) is 34.1 Å². The monoisotopic (exact) mass is 333 g/mol. The van der Waals surface area contributed by atoms with Gasteiger partial charge in [-0.1, -0.05) is 0 Å². The lowest BCUT2D eigenvalue weighted by atomic mass is 10.0. The number of methoxy groups -OCH3 is 2. The number of nitrogens with zero attached hydrogens (tertiary/aromatic N) is 2. The number of hydrogen-bond donors (Lipinski definition) is 1. The number of aryl methyl sites for hydroxylation is 1. The largest absolute Gasteiger partial charge is 0.497 e. The normalized spacial score (nSPS) is 11.0. The van der Waals surface area contributed by atoms with E-state index in [0.717, 1.165) is 45.0 Å². The number of benzene rings is 2. The van der Waals surface area contributed by atoms with Crippen LogP contribution in [0.2, 0.25) is 0 Å². The predicted octanol–water partition coefficient (Wildman–Crippen LogP) is 4.25. The van der Waals surface area contributed by atoms with Gasteiger partial charge in [-0.3, -0.25) is 0 Å². The molecule has 2 heterocycles. The molecule has 1 N–H and O–H groups in total. The van der Waals surface area contributed by atoms with Crippen molar-refractivity contribution in [2.45, 2.75) is 0 Å². The summed E-state index contributed by atoms with van der Waals surface area (Å²) >= 11 is 0. The van der Waals surface area contributed by atoms with Gasteiger partial charge >= 0.3 is 0 Å². The van der Waals surface area contributed by atoms with Gasteiger partial charge in [-0.2, -0.15) is 0 Å². The average Bonchev–Trinajstić information content (AvgIpc) is 3.24. The van der Waals surface area contributed by atoms with Crippen LogP contribution >= 0.6 is 0 Å². The van der Waals surface area contributed by atoms with Crippen molar-refractivity contribution in [2.75, 3.05) is 14.2 Å². The molecule has 0 fully saturated rings. The zero-order valence-electron chi connectivity index (χ0n) is 14.4. The van der Waals surface area contributed by atoms with Gasteiger partial charge in [0.05, 0.1) is 25.5 Å². The number of H-pyrrole nitrogens is 1. The first-order valence-electron chi connectivity index (χ1n) is 8.03. The van der Waals surface area contributed by atoms with E-state index in [2.05, 4.69) is 9.97 Å². The topological polar surface area (TPSA) is 52.1 Å². The average molecular weight is 333 g/mol. The van der Waals surface area contributed by atoms with E-state index >= 15 is 0 Å². The lowest BCUT2D eigenvalue weighted by Gasteiger charge is -2.07. The standard InChI is InChI=1S/C20H19N3O2/c1-23-11-10-21-20(23)18-16-12-15(25-3)8-9-17(16)22-19(18)13-4-6-14(24-2)7-5-13/h4-12,22H,1-3H3. The highest BCUT2D eigenvalue weighted by atomic mass is 16.5. The van der Waals surface area contributed by atoms with Crippen molar-refractivity contribution in [3.63, 3.8) is 0 Å². The van der Waals surface area contributed by atoms with Crippen LogP contribution in [0.5, 0.6) is 11.5 Å². The van der Waals surface area contributed by atoms with E-state index in [1.807, 2.05) is 66.5 Å². The SMILES string of the molecule is COc1ccc(-c2[nH]c3ccc(OC)cc3c2-c2nccn2C)cc1. The maximum absolute atomic E-state index is 5.41. The first-order chi connectivity index (χ1) is 12.2. The molecule has 0 unspecified atom stereocenters. The maximum atomic E-state index is 5.41. The molecule has 126 valence electrons. The first kappa shape index (κ1) is 15.3. The van der Waals surface area contributed by atoms with Gasteiger partial charge < -0.3 is 19.0 Å². The minimum atomic E-state index is 0.822. The Hall–Kier alpha value is -3.21. The van der Waals surface area contributed by atoms with Crippen LogP contribution in [-0.4, -0.2) is 28.8 Å². The third kappa shape index (κ3) is 2.54. The van der Waals surface area contributed by atoms with Gasteiger partial charge in [0.25, 0.3) is 0 Å². The molecule has 4 aromatic rings. The highest BCUT2D eigenvalue weighted by Crippen LogP contribution is 2.39. The number of ether oxygens (including phenoxy) is 2. The summed E-state index contributed by atoms with van der Waals surface area (Å²) in [6.07, 6.45) is 3.76. The van der Waals surface area contributed by atoms with Crippen molar-refractivity contribution in [1.29, 1.82) is 0 Å². The van der Waals surface area contributed by atoms with E-state index in [9.17, 15) is 0 Å². The Labute approximate surface area is 145 Å². The molecule has 2 aromatic carbocycles. The van der Waals surface area contributed by atoms with Crippen LogP contribution in [0.3, 0.4) is 0 Å². The molecule has 0 amide bonds. The minimum absolute atomic E-state index is 0.822. The second-order valence-electron chi connectivity index (χ2n) is 5.88. The molecule has 0 saturated heterocycles. The Morgan fingerprint density at radius 2 is 1.68 bits per heavy atom. The summed E-state index contributed by atoms with van der Waals surface area (Å²) in [5.41, 5.74) is 4.21. The Kier molecular flexibility index (Phi) is 3.69. The van der Waals surface area contributed by atoms with Gasteiger partial charge in [0, 0.05) is 30.3 Å². The fraction of sp³-hybridized carbons (Fsp3) is 0.150. The van der Waals surface area contributed by atoms with Gasteiger partial charge in [0.1, 0.15) is 17.3 Å². The number of aromatic nitrogens is 3. The third-order valence-corrected chi connectivity index (χ3v) is 4.43. The fourth-order valence-electron chi connectivity index (χ4n) is 3.11. The predicted molar refractivity (Wildman–Crippen MR) is 99.0 cm³/mol. The van der Waals surface area contributed by atoms with Crippen LogP contribution in [0, 0.1) is 0 Å². The van der Waals surface area contributed by atoms with Crippen LogP contribution in [0.4, 0.5) is 0 Å². The van der Waals surface area contributed by atoms with Gasteiger partial charge in [-0.15, -0.1) is 0 Å². The third-order valence-electron chi connectivity index (χ3n) is 4.43. The van der Waals surface area contributed by atoms with Gasteiger partial charge in [0.2, 0.25) is 0 Å². The Bertz CT molecular complexity index is 1030. The number of hydrogen-bond acceptors (Lipinski definition) is 3. The molecule has 0 radical (unpaired) electrons. The Morgan fingerprint density at radius 3 is 2.32 bits per heavy atom. The van der Waals surface area contributed by atoms with E-state index in [-0.39, 0.29) is 0 Å². The zero-order chi connectivity index (χ0) is 17.4. The molecule has 0 aliphatic carbocycles. The lowest BCUT2D eigenvalue weighted by molar-refractivity contribution is 0.415. The molecule has 0 atom stereocenters. The van der Waals surface area contributed by atoms with Gasteiger partial charge in [-0.25, -0.2) is 4.98 Å². The van der Waals surface area contributed by atoms with E-state index in [0.29, 0.717) is 0 Å². The molecule has 25 heavy (non-hydrogen) atoms. The van der Waals surface area contributed by atoms with Gasteiger partial charge in [-0.05, 0) is 48.0 Å². The number of fused-ring (bicyclic) bond motifs is 1. The molecule has 0 bridgehead atoms. The van der Waals surface area contributed by atoms with Crippen molar-refractivity contribution in [1.82, 2.24) is 14.5 Å². The molecule has 5 heteroatoms. The molecule has 0 aliphatic heterocycles. The number of rotatable bonds is 4. The highest BCUT2D eigenvalue weighted by Gasteiger charge is 2.18. The van der Waals surface area contributed by atoms with Crippen LogP contribution in [0.15, 0.2) is 54.9 Å². The fourth-order valence-corrected chi connectivity index (χ4v) is 3.11. The van der Waals surface area contributed by atoms with Crippen LogP contribution in [0.25, 0.3) is 33.5 Å². The highest BCUT2D eigenvalue weighted by molar-refractivity contribution is 6.03. The second kappa shape index (κ2) is 6.02. The van der Waals surface area contributed by atoms with Crippen LogP contribution in [0.1, 0.15) is 0 Å². The molecular weight excluding hydrogens is 314 g/mol. The zero-order valence-corrected chi connectivity index (χ0v) is 14.4.